The number of fused-ring (bicyclic) bond motifs is 11. The lowest BCUT2D eigenvalue weighted by Crippen LogP contribution is -1.95. The van der Waals surface area contributed by atoms with Crippen molar-refractivity contribution in [3.05, 3.63) is 194 Å². The van der Waals surface area contributed by atoms with Crippen molar-refractivity contribution < 1.29 is 0 Å². The van der Waals surface area contributed by atoms with Gasteiger partial charge < -0.3 is 9.13 Å². The predicted molar refractivity (Wildman–Crippen MR) is 236 cm³/mol. The van der Waals surface area contributed by atoms with Crippen LogP contribution in [0.5, 0.6) is 0 Å². The fourth-order valence-corrected chi connectivity index (χ4v) is 10.1. The van der Waals surface area contributed by atoms with E-state index in [1.807, 2.05) is 11.3 Å². The maximum atomic E-state index is 2.47. The van der Waals surface area contributed by atoms with E-state index in [2.05, 4.69) is 203 Å². The van der Waals surface area contributed by atoms with Crippen LogP contribution in [0.2, 0.25) is 0 Å². The summed E-state index contributed by atoms with van der Waals surface area (Å²) in [7, 11) is 0. The molecule has 0 radical (unpaired) electrons. The number of thiophene rings is 1. The van der Waals surface area contributed by atoms with Crippen molar-refractivity contribution in [1.82, 2.24) is 9.13 Å². The van der Waals surface area contributed by atoms with E-state index in [1.165, 1.54) is 102 Å². The van der Waals surface area contributed by atoms with Gasteiger partial charge in [0.15, 0.2) is 0 Å². The van der Waals surface area contributed by atoms with Gasteiger partial charge >= 0.3 is 0 Å². The second-order valence-corrected chi connectivity index (χ2v) is 15.6. The molecule has 0 atom stereocenters. The molecular formula is C52H32N2S. The number of hydrogen-bond donors (Lipinski definition) is 0. The van der Waals surface area contributed by atoms with Gasteiger partial charge in [0.25, 0.3) is 0 Å². The summed E-state index contributed by atoms with van der Waals surface area (Å²) in [6.07, 6.45) is 0. The topological polar surface area (TPSA) is 9.86 Å². The molecule has 0 N–H and O–H groups in total. The first kappa shape index (κ1) is 30.5. The number of benzene rings is 9. The molecule has 0 aliphatic rings. The fourth-order valence-electron chi connectivity index (χ4n) is 8.97. The highest BCUT2D eigenvalue weighted by atomic mass is 32.1. The summed E-state index contributed by atoms with van der Waals surface area (Å²) in [6.45, 7) is 0. The Morgan fingerprint density at radius 1 is 0.291 bits per heavy atom. The van der Waals surface area contributed by atoms with E-state index in [1.54, 1.807) is 0 Å². The van der Waals surface area contributed by atoms with Gasteiger partial charge in [-0.1, -0.05) is 133 Å². The average Bonchev–Trinajstić information content (AvgIpc) is 3.91. The minimum absolute atomic E-state index is 1.16. The summed E-state index contributed by atoms with van der Waals surface area (Å²) in [5.74, 6) is 0. The van der Waals surface area contributed by atoms with Crippen LogP contribution in [-0.4, -0.2) is 9.13 Å². The van der Waals surface area contributed by atoms with Crippen molar-refractivity contribution >= 4 is 85.9 Å². The molecule has 0 saturated heterocycles. The smallest absolute Gasteiger partial charge is 0.0619 e. The zero-order chi connectivity index (χ0) is 36.0. The van der Waals surface area contributed by atoms with Gasteiger partial charge in [-0.2, -0.15) is 0 Å². The van der Waals surface area contributed by atoms with Crippen LogP contribution in [0.25, 0.3) is 108 Å². The van der Waals surface area contributed by atoms with Crippen LogP contribution in [0, 0.1) is 0 Å². The van der Waals surface area contributed by atoms with Crippen molar-refractivity contribution in [2.45, 2.75) is 0 Å². The van der Waals surface area contributed by atoms with Crippen molar-refractivity contribution in [2.75, 3.05) is 0 Å². The van der Waals surface area contributed by atoms with Crippen LogP contribution >= 0.6 is 11.3 Å². The first-order chi connectivity index (χ1) is 27.3. The predicted octanol–water partition coefficient (Wildman–Crippen LogP) is 14.7. The van der Waals surface area contributed by atoms with Crippen LogP contribution in [0.15, 0.2) is 194 Å². The van der Waals surface area contributed by atoms with E-state index < -0.39 is 0 Å². The van der Waals surface area contributed by atoms with Gasteiger partial charge in [-0.05, 0) is 88.3 Å². The van der Waals surface area contributed by atoms with Crippen molar-refractivity contribution in [3.8, 4) is 33.6 Å². The molecule has 0 aliphatic carbocycles. The molecule has 0 saturated carbocycles. The van der Waals surface area contributed by atoms with E-state index in [-0.39, 0.29) is 0 Å². The van der Waals surface area contributed by atoms with Gasteiger partial charge in [0.2, 0.25) is 0 Å². The third-order valence-electron chi connectivity index (χ3n) is 11.5. The standard InChI is InChI=1S/C52H32N2S/c1-2-11-33(12-3-1)35-14-10-15-38(29-35)54-49-28-23-37(31-46(49)44-25-21-34-13-4-5-16-40(34)52(44)54)36-22-27-48-45(30-36)41-17-6-8-19-47(41)53(48)39-24-26-43-42-18-7-9-20-50(42)55-51(43)32-39/h1-32H. The van der Waals surface area contributed by atoms with Crippen LogP contribution in [0.1, 0.15) is 0 Å². The van der Waals surface area contributed by atoms with Crippen LogP contribution in [0.4, 0.5) is 0 Å². The number of aromatic nitrogens is 2. The van der Waals surface area contributed by atoms with Gasteiger partial charge in [-0.25, -0.2) is 0 Å². The maximum Gasteiger partial charge on any atom is 0.0619 e. The van der Waals surface area contributed by atoms with Gasteiger partial charge in [-0.3, -0.25) is 0 Å². The summed E-state index contributed by atoms with van der Waals surface area (Å²) < 4.78 is 7.54. The highest BCUT2D eigenvalue weighted by molar-refractivity contribution is 7.25. The summed E-state index contributed by atoms with van der Waals surface area (Å²) in [6, 6.07) is 71.5. The van der Waals surface area contributed by atoms with Gasteiger partial charge in [0, 0.05) is 58.5 Å². The highest BCUT2D eigenvalue weighted by Gasteiger charge is 2.18. The van der Waals surface area contributed by atoms with Gasteiger partial charge in [-0.15, -0.1) is 11.3 Å². The molecule has 3 heterocycles. The van der Waals surface area contributed by atoms with E-state index in [0.717, 1.165) is 5.69 Å². The third-order valence-corrected chi connectivity index (χ3v) is 12.6. The Hall–Kier alpha value is -6.94. The molecule has 9 aromatic carbocycles. The molecule has 3 aromatic heterocycles. The summed E-state index contributed by atoms with van der Waals surface area (Å²) in [5.41, 5.74) is 12.1. The molecular weight excluding hydrogens is 685 g/mol. The zero-order valence-electron chi connectivity index (χ0n) is 29.8. The van der Waals surface area contributed by atoms with Crippen molar-refractivity contribution in [2.24, 2.45) is 0 Å². The molecule has 0 bridgehead atoms. The second kappa shape index (κ2) is 11.8. The normalized spacial score (nSPS) is 12.0. The summed E-state index contributed by atoms with van der Waals surface area (Å²) in [4.78, 5) is 0. The molecule has 12 rings (SSSR count). The molecule has 0 unspecified atom stereocenters. The fraction of sp³-hybridized carbons (Fsp3) is 0. The first-order valence-corrected chi connectivity index (χ1v) is 19.7. The number of para-hydroxylation sites is 1. The minimum Gasteiger partial charge on any atom is -0.309 e. The van der Waals surface area contributed by atoms with Crippen LogP contribution in [-0.2, 0) is 0 Å². The average molecular weight is 717 g/mol. The number of hydrogen-bond acceptors (Lipinski definition) is 1. The highest BCUT2D eigenvalue weighted by Crippen LogP contribution is 2.42. The largest absolute Gasteiger partial charge is 0.309 e. The zero-order valence-corrected chi connectivity index (χ0v) is 30.6. The van der Waals surface area contributed by atoms with Gasteiger partial charge in [0.1, 0.15) is 0 Å². The van der Waals surface area contributed by atoms with Crippen LogP contribution < -0.4 is 0 Å². The molecule has 0 aliphatic heterocycles. The van der Waals surface area contributed by atoms with Crippen molar-refractivity contribution in [1.29, 1.82) is 0 Å². The quantitative estimate of drug-likeness (QED) is 0.172. The van der Waals surface area contributed by atoms with E-state index >= 15 is 0 Å². The Labute approximate surface area is 321 Å². The van der Waals surface area contributed by atoms with Crippen LogP contribution in [0.3, 0.4) is 0 Å². The molecule has 12 aromatic rings. The monoisotopic (exact) mass is 716 g/mol. The summed E-state index contributed by atoms with van der Waals surface area (Å²) in [5, 5.41) is 10.2. The lowest BCUT2D eigenvalue weighted by Gasteiger charge is -2.12. The SMILES string of the molecule is c1ccc(-c2cccc(-n3c4ccc(-c5ccc6c(c5)c5ccccc5n6-c5ccc6c(c5)sc5ccccc56)cc4c4ccc5ccccc5c43)c2)cc1. The molecule has 55 heavy (non-hydrogen) atoms. The van der Waals surface area contributed by atoms with E-state index in [4.69, 9.17) is 0 Å². The third kappa shape index (κ3) is 4.60. The van der Waals surface area contributed by atoms with Gasteiger partial charge in [0.05, 0.1) is 22.1 Å². The van der Waals surface area contributed by atoms with E-state index in [0.29, 0.717) is 0 Å². The number of nitrogens with zero attached hydrogens (tertiary/aromatic N) is 2. The lowest BCUT2D eigenvalue weighted by atomic mass is 10.00. The van der Waals surface area contributed by atoms with E-state index in [9.17, 15) is 0 Å². The van der Waals surface area contributed by atoms with Crippen molar-refractivity contribution in [3.63, 3.8) is 0 Å². The Balaban J connectivity index is 1.05. The molecule has 2 nitrogen and oxygen atoms in total. The molecule has 256 valence electrons. The molecule has 3 heteroatoms. The second-order valence-electron chi connectivity index (χ2n) is 14.5. The first-order valence-electron chi connectivity index (χ1n) is 18.8. The Morgan fingerprint density at radius 3 is 1.75 bits per heavy atom. The molecule has 0 fully saturated rings. The Bertz CT molecular complexity index is 3490. The lowest BCUT2D eigenvalue weighted by molar-refractivity contribution is 1.19. The molecule has 0 amide bonds. The Kier molecular flexibility index (Phi) is 6.54. The maximum absolute atomic E-state index is 2.47. The Morgan fingerprint density at radius 2 is 0.891 bits per heavy atom. The minimum atomic E-state index is 1.16. The summed E-state index contributed by atoms with van der Waals surface area (Å²) >= 11 is 1.87. The number of rotatable bonds is 4. The molecule has 0 spiro atoms.